The Balaban J connectivity index is 1.89. The maximum absolute atomic E-state index is 12.8. The van der Waals surface area contributed by atoms with Gasteiger partial charge in [-0.2, -0.15) is 0 Å². The monoisotopic (exact) mass is 337 g/mol. The van der Waals surface area contributed by atoms with Gasteiger partial charge in [-0.3, -0.25) is 9.59 Å². The van der Waals surface area contributed by atoms with E-state index in [1.165, 1.54) is 12.8 Å². The van der Waals surface area contributed by atoms with E-state index in [1.54, 1.807) is 0 Å². The van der Waals surface area contributed by atoms with Crippen LogP contribution in [0.3, 0.4) is 0 Å². The molecular formula is C20H35NO3. The summed E-state index contributed by atoms with van der Waals surface area (Å²) in [5.41, 5.74) is -0.793. The summed E-state index contributed by atoms with van der Waals surface area (Å²) in [6.07, 6.45) is 10.9. The van der Waals surface area contributed by atoms with Gasteiger partial charge in [0.15, 0.2) is 0 Å². The first-order valence-corrected chi connectivity index (χ1v) is 9.84. The molecule has 0 aromatic carbocycles. The summed E-state index contributed by atoms with van der Waals surface area (Å²) in [5, 5.41) is 0. The number of hydrogen-bond acceptors (Lipinski definition) is 3. The van der Waals surface area contributed by atoms with Crippen LogP contribution in [0.15, 0.2) is 0 Å². The summed E-state index contributed by atoms with van der Waals surface area (Å²) in [4.78, 5) is 27.2. The summed E-state index contributed by atoms with van der Waals surface area (Å²) in [7, 11) is 0. The maximum atomic E-state index is 12.8. The second-order valence-corrected chi connectivity index (χ2v) is 8.64. The number of carbonyl (C=O) groups excluding carboxylic acids is 2. The molecular weight excluding hydrogens is 302 g/mol. The van der Waals surface area contributed by atoms with E-state index in [2.05, 4.69) is 0 Å². The fourth-order valence-electron chi connectivity index (χ4n) is 4.05. The number of ether oxygens (including phenoxy) is 1. The van der Waals surface area contributed by atoms with E-state index in [0.29, 0.717) is 6.42 Å². The molecule has 1 aliphatic carbocycles. The second-order valence-electron chi connectivity index (χ2n) is 8.64. The normalized spacial score (nSPS) is 21.4. The van der Waals surface area contributed by atoms with Gasteiger partial charge in [0, 0.05) is 19.5 Å². The molecule has 2 fully saturated rings. The van der Waals surface area contributed by atoms with E-state index < -0.39 is 5.60 Å². The van der Waals surface area contributed by atoms with Crippen LogP contribution in [0.5, 0.6) is 0 Å². The smallest absolute Gasteiger partial charge is 0.312 e. The molecule has 4 heteroatoms. The van der Waals surface area contributed by atoms with Crippen molar-refractivity contribution in [2.45, 2.75) is 97.0 Å². The van der Waals surface area contributed by atoms with Gasteiger partial charge in [0.05, 0.1) is 5.41 Å². The summed E-state index contributed by atoms with van der Waals surface area (Å²) < 4.78 is 5.72. The van der Waals surface area contributed by atoms with Crippen LogP contribution in [0.4, 0.5) is 0 Å². The average molecular weight is 338 g/mol. The van der Waals surface area contributed by atoms with Gasteiger partial charge < -0.3 is 9.64 Å². The highest BCUT2D eigenvalue weighted by molar-refractivity contribution is 5.78. The highest BCUT2D eigenvalue weighted by atomic mass is 16.6. The van der Waals surface area contributed by atoms with Crippen molar-refractivity contribution in [2.24, 2.45) is 5.41 Å². The molecule has 0 atom stereocenters. The van der Waals surface area contributed by atoms with E-state index in [-0.39, 0.29) is 17.3 Å². The average Bonchev–Trinajstić information content (AvgIpc) is 2.55. The lowest BCUT2D eigenvalue weighted by molar-refractivity contribution is -0.170. The van der Waals surface area contributed by atoms with Crippen LogP contribution in [-0.4, -0.2) is 35.5 Å². The fraction of sp³-hybridized carbons (Fsp3) is 0.900. The van der Waals surface area contributed by atoms with Gasteiger partial charge in [-0.05, 0) is 65.7 Å². The Morgan fingerprint density at radius 2 is 1.54 bits per heavy atom. The Bertz CT molecular complexity index is 427. The van der Waals surface area contributed by atoms with Gasteiger partial charge in [-0.1, -0.05) is 19.3 Å². The van der Waals surface area contributed by atoms with Crippen LogP contribution in [0.25, 0.3) is 0 Å². The molecule has 1 amide bonds. The minimum absolute atomic E-state index is 0.0416. The molecule has 2 rings (SSSR count). The summed E-state index contributed by atoms with van der Waals surface area (Å²) in [6.45, 7) is 7.62. The van der Waals surface area contributed by atoms with Gasteiger partial charge in [0.25, 0.3) is 0 Å². The van der Waals surface area contributed by atoms with Crippen LogP contribution in [-0.2, 0) is 14.3 Å². The molecule has 1 heterocycles. The van der Waals surface area contributed by atoms with Crippen LogP contribution in [0, 0.1) is 5.41 Å². The molecule has 0 N–H and O–H groups in total. The quantitative estimate of drug-likeness (QED) is 0.696. The number of piperidine rings is 1. The number of carbonyl (C=O) groups is 2. The Labute approximate surface area is 147 Å². The Morgan fingerprint density at radius 1 is 0.958 bits per heavy atom. The van der Waals surface area contributed by atoms with Crippen LogP contribution in [0.2, 0.25) is 0 Å². The Hall–Kier alpha value is -1.06. The number of nitrogens with zero attached hydrogens (tertiary/aromatic N) is 1. The minimum Gasteiger partial charge on any atom is -0.460 e. The Morgan fingerprint density at radius 3 is 2.12 bits per heavy atom. The molecule has 0 bridgehead atoms. The summed E-state index contributed by atoms with van der Waals surface area (Å²) in [5.74, 6) is 0.227. The highest BCUT2D eigenvalue weighted by Gasteiger charge is 2.42. The first-order valence-electron chi connectivity index (χ1n) is 9.84. The van der Waals surface area contributed by atoms with Gasteiger partial charge in [0.2, 0.25) is 5.91 Å². The second kappa shape index (κ2) is 8.35. The van der Waals surface area contributed by atoms with Crippen LogP contribution in [0.1, 0.15) is 91.4 Å². The number of hydrogen-bond donors (Lipinski definition) is 0. The van der Waals surface area contributed by atoms with Crippen molar-refractivity contribution >= 4 is 11.9 Å². The number of rotatable bonds is 5. The summed E-state index contributed by atoms with van der Waals surface area (Å²) in [6, 6.07) is 0. The number of likely N-dealkylation sites (tertiary alicyclic amines) is 1. The zero-order valence-corrected chi connectivity index (χ0v) is 15.9. The van der Waals surface area contributed by atoms with Crippen molar-refractivity contribution in [1.82, 2.24) is 4.90 Å². The molecule has 0 unspecified atom stereocenters. The molecule has 0 radical (unpaired) electrons. The van der Waals surface area contributed by atoms with Gasteiger partial charge in [0.1, 0.15) is 5.60 Å². The molecule has 1 saturated carbocycles. The van der Waals surface area contributed by atoms with E-state index in [4.69, 9.17) is 4.74 Å². The summed E-state index contributed by atoms with van der Waals surface area (Å²) >= 11 is 0. The third-order valence-corrected chi connectivity index (χ3v) is 5.40. The molecule has 1 aliphatic heterocycles. The SMILES string of the molecule is CC(C)(C)OC(=O)C1(CCCC(=O)N2CCCCC2)CCCCC1. The molecule has 0 spiro atoms. The van der Waals surface area contributed by atoms with Crippen LogP contribution >= 0.6 is 0 Å². The van der Waals surface area contributed by atoms with Gasteiger partial charge in [-0.15, -0.1) is 0 Å². The predicted octanol–water partition coefficient (Wildman–Crippen LogP) is 4.46. The molecule has 2 aliphatic rings. The minimum atomic E-state index is -0.439. The molecule has 24 heavy (non-hydrogen) atoms. The van der Waals surface area contributed by atoms with E-state index in [1.807, 2.05) is 25.7 Å². The lowest BCUT2D eigenvalue weighted by Gasteiger charge is -2.37. The molecule has 0 aromatic heterocycles. The van der Waals surface area contributed by atoms with Crippen molar-refractivity contribution in [1.29, 1.82) is 0 Å². The largest absolute Gasteiger partial charge is 0.460 e. The standard InChI is InChI=1S/C20H35NO3/c1-19(2,3)24-18(23)20(12-6-4-7-13-20)14-10-11-17(22)21-15-8-5-9-16-21/h4-16H2,1-3H3. The van der Waals surface area contributed by atoms with Crippen molar-refractivity contribution < 1.29 is 14.3 Å². The van der Waals surface area contributed by atoms with Crippen molar-refractivity contribution in [2.75, 3.05) is 13.1 Å². The maximum Gasteiger partial charge on any atom is 0.312 e. The highest BCUT2D eigenvalue weighted by Crippen LogP contribution is 2.42. The van der Waals surface area contributed by atoms with Crippen molar-refractivity contribution in [3.63, 3.8) is 0 Å². The molecule has 1 saturated heterocycles. The van der Waals surface area contributed by atoms with Gasteiger partial charge in [-0.25, -0.2) is 0 Å². The van der Waals surface area contributed by atoms with Crippen molar-refractivity contribution in [3.8, 4) is 0 Å². The van der Waals surface area contributed by atoms with Crippen molar-refractivity contribution in [3.05, 3.63) is 0 Å². The number of amides is 1. The first-order chi connectivity index (χ1) is 11.3. The van der Waals surface area contributed by atoms with Crippen LogP contribution < -0.4 is 0 Å². The molecule has 138 valence electrons. The zero-order valence-electron chi connectivity index (χ0n) is 15.9. The van der Waals surface area contributed by atoms with E-state index in [9.17, 15) is 9.59 Å². The fourth-order valence-corrected chi connectivity index (χ4v) is 4.05. The lowest BCUT2D eigenvalue weighted by atomic mass is 9.71. The third kappa shape index (κ3) is 5.49. The van der Waals surface area contributed by atoms with Gasteiger partial charge >= 0.3 is 5.97 Å². The predicted molar refractivity (Wildman–Crippen MR) is 95.6 cm³/mol. The lowest BCUT2D eigenvalue weighted by Crippen LogP contribution is -2.40. The zero-order chi connectivity index (χ0) is 17.6. The first kappa shape index (κ1) is 19.3. The number of esters is 1. The third-order valence-electron chi connectivity index (χ3n) is 5.40. The molecule has 4 nitrogen and oxygen atoms in total. The molecule has 0 aromatic rings. The van der Waals surface area contributed by atoms with E-state index in [0.717, 1.165) is 64.5 Å². The Kier molecular flexibility index (Phi) is 6.70. The van der Waals surface area contributed by atoms with E-state index >= 15 is 0 Å². The topological polar surface area (TPSA) is 46.6 Å².